The molecule has 0 radical (unpaired) electrons. The van der Waals surface area contributed by atoms with E-state index in [0.717, 1.165) is 5.56 Å². The predicted molar refractivity (Wildman–Crippen MR) is 109 cm³/mol. The molecular formula is C22H25FN2O5. The Hall–Kier alpha value is -3.13. The Kier molecular flexibility index (Phi) is 6.89. The van der Waals surface area contributed by atoms with E-state index in [1.165, 1.54) is 26.4 Å². The minimum Gasteiger partial charge on any atom is -0.493 e. The van der Waals surface area contributed by atoms with Gasteiger partial charge in [-0.25, -0.2) is 4.39 Å². The molecule has 160 valence electrons. The fraction of sp³-hybridized carbons (Fsp3) is 0.364. The summed E-state index contributed by atoms with van der Waals surface area (Å²) in [7, 11) is 3.00. The van der Waals surface area contributed by atoms with E-state index in [0.29, 0.717) is 43.2 Å². The first-order valence-corrected chi connectivity index (χ1v) is 9.62. The Morgan fingerprint density at radius 3 is 2.30 bits per heavy atom. The molecule has 1 aliphatic heterocycles. The van der Waals surface area contributed by atoms with Crippen molar-refractivity contribution in [3.8, 4) is 11.5 Å². The first-order chi connectivity index (χ1) is 14.5. The number of benzene rings is 2. The van der Waals surface area contributed by atoms with E-state index < -0.39 is 17.2 Å². The van der Waals surface area contributed by atoms with Crippen LogP contribution in [0.5, 0.6) is 11.5 Å². The summed E-state index contributed by atoms with van der Waals surface area (Å²) in [5.74, 6) is -0.908. The minimum atomic E-state index is -0.788. The molecule has 1 saturated heterocycles. The number of rotatable bonds is 6. The average molecular weight is 416 g/mol. The summed E-state index contributed by atoms with van der Waals surface area (Å²) in [6.45, 7) is 1.32. The zero-order valence-corrected chi connectivity index (χ0v) is 17.0. The quantitative estimate of drug-likeness (QED) is 0.707. The number of carbonyl (C=O) groups is 2. The van der Waals surface area contributed by atoms with Gasteiger partial charge in [-0.1, -0.05) is 12.1 Å². The van der Waals surface area contributed by atoms with Crippen LogP contribution in [-0.4, -0.2) is 45.8 Å². The van der Waals surface area contributed by atoms with Gasteiger partial charge >= 0.3 is 11.8 Å². The third-order valence-corrected chi connectivity index (χ3v) is 5.34. The molecule has 2 aromatic rings. The Labute approximate surface area is 174 Å². The number of halogens is 1. The summed E-state index contributed by atoms with van der Waals surface area (Å²) in [5.41, 5.74) is 0.908. The molecule has 0 aliphatic carbocycles. The molecule has 0 spiro atoms. The Morgan fingerprint density at radius 2 is 1.67 bits per heavy atom. The smallest absolute Gasteiger partial charge is 0.313 e. The molecule has 0 aromatic heterocycles. The number of nitrogens with one attached hydrogen (secondary N) is 2. The van der Waals surface area contributed by atoms with Crippen LogP contribution in [0.3, 0.4) is 0 Å². The summed E-state index contributed by atoms with van der Waals surface area (Å²) in [6.07, 6.45) is 1.33. The van der Waals surface area contributed by atoms with Gasteiger partial charge in [0, 0.05) is 36.9 Å². The maximum absolute atomic E-state index is 13.3. The molecule has 3 rings (SSSR count). The lowest BCUT2D eigenvalue weighted by atomic mass is 9.74. The van der Waals surface area contributed by atoms with E-state index in [2.05, 4.69) is 10.6 Å². The molecule has 2 aromatic carbocycles. The predicted octanol–water partition coefficient (Wildman–Crippen LogP) is 2.65. The number of hydrogen-bond acceptors (Lipinski definition) is 5. The standard InChI is InChI=1S/C22H25FN2O5/c1-28-18-8-7-17(13-19(18)29-2)25-21(27)20(26)24-14-22(9-11-30-12-10-22)15-3-5-16(23)6-4-15/h3-8,13H,9-12,14H2,1-2H3,(H,24,26)(H,25,27). The highest BCUT2D eigenvalue weighted by atomic mass is 19.1. The summed E-state index contributed by atoms with van der Waals surface area (Å²) in [4.78, 5) is 24.8. The van der Waals surface area contributed by atoms with Gasteiger partial charge in [0.05, 0.1) is 14.2 Å². The highest BCUT2D eigenvalue weighted by Crippen LogP contribution is 2.34. The van der Waals surface area contributed by atoms with Crippen LogP contribution in [0.4, 0.5) is 10.1 Å². The monoisotopic (exact) mass is 416 g/mol. The van der Waals surface area contributed by atoms with Crippen LogP contribution in [0.1, 0.15) is 18.4 Å². The van der Waals surface area contributed by atoms with Gasteiger partial charge in [0.25, 0.3) is 0 Å². The average Bonchev–Trinajstić information content (AvgIpc) is 2.78. The van der Waals surface area contributed by atoms with Crippen molar-refractivity contribution in [2.45, 2.75) is 18.3 Å². The van der Waals surface area contributed by atoms with Crippen LogP contribution in [0.15, 0.2) is 42.5 Å². The second kappa shape index (κ2) is 9.58. The van der Waals surface area contributed by atoms with Crippen LogP contribution in [0.2, 0.25) is 0 Å². The van der Waals surface area contributed by atoms with Gasteiger partial charge in [-0.2, -0.15) is 0 Å². The zero-order chi connectivity index (χ0) is 21.6. The van der Waals surface area contributed by atoms with Crippen molar-refractivity contribution in [2.75, 3.05) is 39.3 Å². The molecule has 1 fully saturated rings. The molecular weight excluding hydrogens is 391 g/mol. The Morgan fingerprint density at radius 1 is 1.00 bits per heavy atom. The van der Waals surface area contributed by atoms with Crippen LogP contribution in [-0.2, 0) is 19.7 Å². The summed E-state index contributed by atoms with van der Waals surface area (Å²) < 4.78 is 29.2. The van der Waals surface area contributed by atoms with Crippen molar-refractivity contribution in [1.82, 2.24) is 5.32 Å². The molecule has 0 atom stereocenters. The van der Waals surface area contributed by atoms with Crippen LogP contribution in [0, 0.1) is 5.82 Å². The molecule has 2 N–H and O–H groups in total. The van der Waals surface area contributed by atoms with E-state index >= 15 is 0 Å². The highest BCUT2D eigenvalue weighted by molar-refractivity contribution is 6.39. The second-order valence-corrected chi connectivity index (χ2v) is 7.11. The lowest BCUT2D eigenvalue weighted by Gasteiger charge is -2.37. The first kappa shape index (κ1) is 21.6. The third kappa shape index (κ3) is 4.88. The molecule has 2 amide bonds. The van der Waals surface area contributed by atoms with E-state index in [9.17, 15) is 14.0 Å². The lowest BCUT2D eigenvalue weighted by Crippen LogP contribution is -2.47. The summed E-state index contributed by atoms with van der Waals surface area (Å²) in [5, 5.41) is 5.28. The van der Waals surface area contributed by atoms with Gasteiger partial charge in [0.15, 0.2) is 11.5 Å². The fourth-order valence-corrected chi connectivity index (χ4v) is 3.56. The molecule has 1 aliphatic rings. The second-order valence-electron chi connectivity index (χ2n) is 7.11. The molecule has 0 unspecified atom stereocenters. The lowest BCUT2D eigenvalue weighted by molar-refractivity contribution is -0.136. The highest BCUT2D eigenvalue weighted by Gasteiger charge is 2.35. The van der Waals surface area contributed by atoms with E-state index in [-0.39, 0.29) is 12.4 Å². The van der Waals surface area contributed by atoms with Crippen molar-refractivity contribution >= 4 is 17.5 Å². The van der Waals surface area contributed by atoms with Crippen LogP contribution in [0.25, 0.3) is 0 Å². The fourth-order valence-electron chi connectivity index (χ4n) is 3.56. The van der Waals surface area contributed by atoms with Crippen LogP contribution >= 0.6 is 0 Å². The van der Waals surface area contributed by atoms with Gasteiger partial charge in [-0.3, -0.25) is 9.59 Å². The van der Waals surface area contributed by atoms with E-state index in [1.54, 1.807) is 30.3 Å². The van der Waals surface area contributed by atoms with Crippen LogP contribution < -0.4 is 20.1 Å². The zero-order valence-electron chi connectivity index (χ0n) is 17.0. The van der Waals surface area contributed by atoms with E-state index in [1.807, 2.05) is 0 Å². The summed E-state index contributed by atoms with van der Waals surface area (Å²) >= 11 is 0. The van der Waals surface area contributed by atoms with Crippen molar-refractivity contribution in [1.29, 1.82) is 0 Å². The molecule has 0 bridgehead atoms. The van der Waals surface area contributed by atoms with Gasteiger partial charge in [0.1, 0.15) is 5.82 Å². The van der Waals surface area contributed by atoms with Gasteiger partial charge in [0.2, 0.25) is 0 Å². The largest absolute Gasteiger partial charge is 0.493 e. The molecule has 1 heterocycles. The molecule has 7 nitrogen and oxygen atoms in total. The number of methoxy groups -OCH3 is 2. The maximum Gasteiger partial charge on any atom is 0.313 e. The third-order valence-electron chi connectivity index (χ3n) is 5.34. The minimum absolute atomic E-state index is 0.250. The number of amides is 2. The molecule has 8 heteroatoms. The van der Waals surface area contributed by atoms with Gasteiger partial charge in [-0.15, -0.1) is 0 Å². The maximum atomic E-state index is 13.3. The number of ether oxygens (including phenoxy) is 3. The molecule has 30 heavy (non-hydrogen) atoms. The summed E-state index contributed by atoms with van der Waals surface area (Å²) in [6, 6.07) is 11.1. The van der Waals surface area contributed by atoms with Crippen molar-refractivity contribution in [2.24, 2.45) is 0 Å². The van der Waals surface area contributed by atoms with Gasteiger partial charge in [-0.05, 0) is 42.7 Å². The number of carbonyl (C=O) groups excluding carboxylic acids is 2. The Bertz CT molecular complexity index is 895. The Balaban J connectivity index is 1.66. The van der Waals surface area contributed by atoms with E-state index in [4.69, 9.17) is 14.2 Å². The topological polar surface area (TPSA) is 85.9 Å². The normalized spacial score (nSPS) is 15.2. The van der Waals surface area contributed by atoms with Crippen molar-refractivity contribution in [3.63, 3.8) is 0 Å². The van der Waals surface area contributed by atoms with Crippen molar-refractivity contribution in [3.05, 3.63) is 53.8 Å². The van der Waals surface area contributed by atoms with Crippen molar-refractivity contribution < 1.29 is 28.2 Å². The number of hydrogen-bond donors (Lipinski definition) is 2. The van der Waals surface area contributed by atoms with Gasteiger partial charge < -0.3 is 24.8 Å². The SMILES string of the molecule is COc1ccc(NC(=O)C(=O)NCC2(c3ccc(F)cc3)CCOCC2)cc1OC. The first-order valence-electron chi connectivity index (χ1n) is 9.62. The number of anilines is 1. The molecule has 0 saturated carbocycles.